The zero-order chi connectivity index (χ0) is 15.7. The van der Waals surface area contributed by atoms with E-state index in [9.17, 15) is 0 Å². The van der Waals surface area contributed by atoms with Crippen LogP contribution >= 0.6 is 0 Å². The lowest BCUT2D eigenvalue weighted by atomic mass is 9.98. The summed E-state index contributed by atoms with van der Waals surface area (Å²) in [6.07, 6.45) is 0. The van der Waals surface area contributed by atoms with Gasteiger partial charge in [0, 0.05) is 17.1 Å². The zero-order valence-corrected chi connectivity index (χ0v) is 14.3. The van der Waals surface area contributed by atoms with Gasteiger partial charge in [-0.3, -0.25) is 4.98 Å². The van der Waals surface area contributed by atoms with E-state index in [0.29, 0.717) is 0 Å². The van der Waals surface area contributed by atoms with E-state index in [1.54, 1.807) is 0 Å². The predicted octanol–water partition coefficient (Wildman–Crippen LogP) is 5.11. The molecular weight excluding hydrogens is 256 g/mol. The van der Waals surface area contributed by atoms with Crippen molar-refractivity contribution in [2.75, 3.05) is 5.32 Å². The molecule has 0 aliphatic rings. The molecular formula is C19H26N2. The first kappa shape index (κ1) is 15.6. The number of rotatable bonds is 3. The normalized spacial score (nSPS) is 12.3. The molecule has 0 fully saturated rings. The summed E-state index contributed by atoms with van der Waals surface area (Å²) in [5, 5.41) is 3.68. The Labute approximate surface area is 128 Å². The number of nitrogens with one attached hydrogen (secondary N) is 1. The van der Waals surface area contributed by atoms with Crippen LogP contribution < -0.4 is 5.32 Å². The summed E-state index contributed by atoms with van der Waals surface area (Å²) in [5.41, 5.74) is 9.98. The first-order valence-corrected chi connectivity index (χ1v) is 7.58. The van der Waals surface area contributed by atoms with Gasteiger partial charge in [0.2, 0.25) is 0 Å². The minimum Gasteiger partial charge on any atom is -0.378 e. The van der Waals surface area contributed by atoms with Gasteiger partial charge in [-0.2, -0.15) is 0 Å². The van der Waals surface area contributed by atoms with Gasteiger partial charge in [-0.1, -0.05) is 17.7 Å². The maximum atomic E-state index is 4.62. The van der Waals surface area contributed by atoms with E-state index >= 15 is 0 Å². The third-order valence-electron chi connectivity index (χ3n) is 4.05. The van der Waals surface area contributed by atoms with Crippen LogP contribution in [0.2, 0.25) is 0 Å². The quantitative estimate of drug-likeness (QED) is 0.846. The molecule has 2 nitrogen and oxygen atoms in total. The van der Waals surface area contributed by atoms with E-state index in [1.807, 2.05) is 0 Å². The lowest BCUT2D eigenvalue weighted by molar-refractivity contribution is 0.839. The topological polar surface area (TPSA) is 24.9 Å². The highest BCUT2D eigenvalue weighted by molar-refractivity contribution is 5.59. The number of hydrogen-bond acceptors (Lipinski definition) is 2. The van der Waals surface area contributed by atoms with Gasteiger partial charge in [-0.15, -0.1) is 0 Å². The van der Waals surface area contributed by atoms with E-state index in [-0.39, 0.29) is 6.04 Å². The summed E-state index contributed by atoms with van der Waals surface area (Å²) in [5.74, 6) is 0. The molecule has 1 atom stereocenters. The molecule has 1 N–H and O–H groups in total. The van der Waals surface area contributed by atoms with E-state index in [2.05, 4.69) is 77.0 Å². The smallest absolute Gasteiger partial charge is 0.0506 e. The van der Waals surface area contributed by atoms with Crippen molar-refractivity contribution < 1.29 is 0 Å². The molecule has 2 heteroatoms. The van der Waals surface area contributed by atoms with Crippen molar-refractivity contribution in [3.8, 4) is 0 Å². The van der Waals surface area contributed by atoms with Crippen molar-refractivity contribution >= 4 is 5.69 Å². The Morgan fingerprint density at radius 1 is 0.857 bits per heavy atom. The van der Waals surface area contributed by atoms with E-state index in [1.165, 1.54) is 33.5 Å². The fourth-order valence-electron chi connectivity index (χ4n) is 3.38. The van der Waals surface area contributed by atoms with E-state index in [4.69, 9.17) is 0 Å². The predicted molar refractivity (Wildman–Crippen MR) is 91.1 cm³/mol. The number of aromatic nitrogens is 1. The van der Waals surface area contributed by atoms with Gasteiger partial charge in [0.05, 0.1) is 6.04 Å². The number of nitrogens with zero attached hydrogens (tertiary/aromatic N) is 1. The zero-order valence-electron chi connectivity index (χ0n) is 14.3. The van der Waals surface area contributed by atoms with Gasteiger partial charge in [-0.25, -0.2) is 0 Å². The van der Waals surface area contributed by atoms with Crippen LogP contribution in [0.5, 0.6) is 0 Å². The summed E-state index contributed by atoms with van der Waals surface area (Å²) in [6.45, 7) is 15.0. The van der Waals surface area contributed by atoms with Crippen molar-refractivity contribution in [1.29, 1.82) is 0 Å². The van der Waals surface area contributed by atoms with Crippen molar-refractivity contribution in [3.05, 3.63) is 57.4 Å². The molecule has 1 heterocycles. The first-order valence-electron chi connectivity index (χ1n) is 7.58. The monoisotopic (exact) mass is 282 g/mol. The Morgan fingerprint density at radius 2 is 1.43 bits per heavy atom. The number of benzene rings is 1. The van der Waals surface area contributed by atoms with Gasteiger partial charge >= 0.3 is 0 Å². The van der Waals surface area contributed by atoms with Crippen molar-refractivity contribution in [3.63, 3.8) is 0 Å². The maximum Gasteiger partial charge on any atom is 0.0506 e. The Hall–Kier alpha value is -1.83. The molecule has 0 radical (unpaired) electrons. The highest BCUT2D eigenvalue weighted by Crippen LogP contribution is 2.29. The van der Waals surface area contributed by atoms with Gasteiger partial charge < -0.3 is 5.32 Å². The fraction of sp³-hybridized carbons (Fsp3) is 0.421. The number of anilines is 1. The van der Waals surface area contributed by atoms with Crippen LogP contribution in [0.15, 0.2) is 18.2 Å². The average molecular weight is 282 g/mol. The van der Waals surface area contributed by atoms with Crippen molar-refractivity contribution in [1.82, 2.24) is 4.98 Å². The molecule has 0 amide bonds. The summed E-state index contributed by atoms with van der Waals surface area (Å²) >= 11 is 0. The van der Waals surface area contributed by atoms with Gasteiger partial charge in [-0.05, 0) is 76.8 Å². The third kappa shape index (κ3) is 3.26. The van der Waals surface area contributed by atoms with Crippen molar-refractivity contribution in [2.24, 2.45) is 0 Å². The van der Waals surface area contributed by atoms with Gasteiger partial charge in [0.1, 0.15) is 0 Å². The summed E-state index contributed by atoms with van der Waals surface area (Å²) in [6, 6.07) is 6.87. The number of pyridine rings is 1. The Morgan fingerprint density at radius 3 is 1.95 bits per heavy atom. The summed E-state index contributed by atoms with van der Waals surface area (Å²) in [7, 11) is 0. The first-order chi connectivity index (χ1) is 9.79. The van der Waals surface area contributed by atoms with Crippen LogP contribution in [0.4, 0.5) is 5.69 Å². The van der Waals surface area contributed by atoms with E-state index in [0.717, 1.165) is 11.4 Å². The van der Waals surface area contributed by atoms with E-state index < -0.39 is 0 Å². The molecule has 2 aromatic rings. The highest BCUT2D eigenvalue weighted by Gasteiger charge is 2.15. The molecule has 1 aromatic heterocycles. The third-order valence-corrected chi connectivity index (χ3v) is 4.05. The number of hydrogen-bond donors (Lipinski definition) is 1. The molecule has 1 aromatic carbocycles. The molecule has 0 saturated heterocycles. The highest BCUT2D eigenvalue weighted by atomic mass is 14.9. The SMILES string of the molecule is Cc1cc(C)c(NC(C)c2c(C)cc(C)nc2C)c(C)c1. The molecule has 2 rings (SSSR count). The second kappa shape index (κ2) is 5.88. The summed E-state index contributed by atoms with van der Waals surface area (Å²) in [4.78, 5) is 4.62. The molecule has 0 spiro atoms. The largest absolute Gasteiger partial charge is 0.378 e. The molecule has 0 aliphatic carbocycles. The minimum absolute atomic E-state index is 0.248. The standard InChI is InChI=1S/C19H26N2/c1-11-8-13(3)19(14(4)9-11)21-17(7)18-12(2)10-15(5)20-16(18)6/h8-10,17,21H,1-7H3. The molecule has 0 saturated carbocycles. The lowest BCUT2D eigenvalue weighted by Gasteiger charge is -2.23. The average Bonchev–Trinajstić information content (AvgIpc) is 2.32. The molecule has 21 heavy (non-hydrogen) atoms. The van der Waals surface area contributed by atoms with Crippen molar-refractivity contribution in [2.45, 2.75) is 54.5 Å². The Kier molecular flexibility index (Phi) is 4.36. The van der Waals surface area contributed by atoms with Crippen LogP contribution in [-0.4, -0.2) is 4.98 Å². The lowest BCUT2D eigenvalue weighted by Crippen LogP contribution is -2.13. The van der Waals surface area contributed by atoms with Crippen LogP contribution in [0, 0.1) is 41.5 Å². The molecule has 0 aliphatic heterocycles. The fourth-order valence-corrected chi connectivity index (χ4v) is 3.38. The Balaban J connectivity index is 2.37. The van der Waals surface area contributed by atoms with Crippen LogP contribution in [0.3, 0.4) is 0 Å². The van der Waals surface area contributed by atoms with Crippen LogP contribution in [-0.2, 0) is 0 Å². The number of aryl methyl sites for hydroxylation is 6. The van der Waals surface area contributed by atoms with Crippen LogP contribution in [0.25, 0.3) is 0 Å². The Bertz CT molecular complexity index is 625. The second-order valence-electron chi connectivity index (χ2n) is 6.22. The van der Waals surface area contributed by atoms with Gasteiger partial charge in [0.15, 0.2) is 0 Å². The van der Waals surface area contributed by atoms with Crippen LogP contribution in [0.1, 0.15) is 52.2 Å². The second-order valence-corrected chi connectivity index (χ2v) is 6.22. The van der Waals surface area contributed by atoms with Gasteiger partial charge in [0.25, 0.3) is 0 Å². The molecule has 112 valence electrons. The molecule has 1 unspecified atom stereocenters. The minimum atomic E-state index is 0.248. The summed E-state index contributed by atoms with van der Waals surface area (Å²) < 4.78 is 0. The molecule has 0 bridgehead atoms. The maximum absolute atomic E-state index is 4.62.